The molecule has 0 radical (unpaired) electrons. The van der Waals surface area contributed by atoms with Crippen LogP contribution in [0.15, 0.2) is 23.0 Å². The van der Waals surface area contributed by atoms with Crippen molar-refractivity contribution in [3.8, 4) is 11.5 Å². The monoisotopic (exact) mass is 381 g/mol. The highest BCUT2D eigenvalue weighted by molar-refractivity contribution is 5.43. The van der Waals surface area contributed by atoms with Gasteiger partial charge in [-0.3, -0.25) is 9.69 Å². The maximum atomic E-state index is 12.6. The molecule has 3 aliphatic rings. The van der Waals surface area contributed by atoms with Crippen molar-refractivity contribution >= 4 is 0 Å². The van der Waals surface area contributed by atoms with Crippen LogP contribution in [0.2, 0.25) is 0 Å². The molecule has 1 aromatic carbocycles. The van der Waals surface area contributed by atoms with Gasteiger partial charge in [-0.2, -0.15) is 0 Å². The molecule has 1 aliphatic carbocycles. The van der Waals surface area contributed by atoms with E-state index in [1.807, 2.05) is 6.07 Å². The van der Waals surface area contributed by atoms with Gasteiger partial charge in [0.05, 0.1) is 5.69 Å². The van der Waals surface area contributed by atoms with Crippen LogP contribution >= 0.6 is 0 Å². The fourth-order valence-corrected chi connectivity index (χ4v) is 4.66. The zero-order valence-corrected chi connectivity index (χ0v) is 16.2. The summed E-state index contributed by atoms with van der Waals surface area (Å²) in [6, 6.07) is 6.16. The van der Waals surface area contributed by atoms with Gasteiger partial charge in [-0.25, -0.2) is 4.98 Å². The van der Waals surface area contributed by atoms with Gasteiger partial charge < -0.3 is 14.5 Å². The third kappa shape index (κ3) is 3.53. The van der Waals surface area contributed by atoms with Crippen LogP contribution in [-0.4, -0.2) is 34.6 Å². The third-order valence-corrected chi connectivity index (χ3v) is 6.18. The minimum atomic E-state index is 0.0737. The summed E-state index contributed by atoms with van der Waals surface area (Å²) in [6.07, 6.45) is 6.82. The molecule has 0 atom stereocenters. The standard InChI is InChI=1S/C22H27N3O3/c26-22-17-8-9-25(13-15-6-7-19-20(12-15)28-11-10-27-19)14-18(17)23-21(24-22)16-4-2-1-3-5-16/h6-7,12,16H,1-5,8-11,13-14H2,(H,23,24,26). The number of fused-ring (bicyclic) bond motifs is 2. The average molecular weight is 381 g/mol. The highest BCUT2D eigenvalue weighted by Gasteiger charge is 2.25. The van der Waals surface area contributed by atoms with Gasteiger partial charge >= 0.3 is 0 Å². The minimum Gasteiger partial charge on any atom is -0.486 e. The Bertz CT molecular complexity index is 918. The lowest BCUT2D eigenvalue weighted by Crippen LogP contribution is -2.35. The Hall–Kier alpha value is -2.34. The molecule has 28 heavy (non-hydrogen) atoms. The van der Waals surface area contributed by atoms with E-state index in [1.165, 1.54) is 24.8 Å². The number of hydrogen-bond donors (Lipinski definition) is 1. The van der Waals surface area contributed by atoms with Gasteiger partial charge in [0.15, 0.2) is 11.5 Å². The van der Waals surface area contributed by atoms with Crippen LogP contribution < -0.4 is 15.0 Å². The van der Waals surface area contributed by atoms with Crippen molar-refractivity contribution in [1.82, 2.24) is 14.9 Å². The predicted octanol–water partition coefficient (Wildman–Crippen LogP) is 3.15. The van der Waals surface area contributed by atoms with Crippen molar-refractivity contribution in [3.63, 3.8) is 0 Å². The maximum absolute atomic E-state index is 12.6. The molecule has 148 valence electrons. The van der Waals surface area contributed by atoms with Crippen molar-refractivity contribution in [2.75, 3.05) is 19.8 Å². The second kappa shape index (κ2) is 7.59. The Labute approximate surface area is 164 Å². The molecule has 2 aliphatic heterocycles. The first-order chi connectivity index (χ1) is 13.8. The second-order valence-electron chi connectivity index (χ2n) is 8.15. The Morgan fingerprint density at radius 3 is 2.79 bits per heavy atom. The Kier molecular flexibility index (Phi) is 4.81. The topological polar surface area (TPSA) is 67.5 Å². The molecule has 2 aromatic rings. The summed E-state index contributed by atoms with van der Waals surface area (Å²) in [6.45, 7) is 3.63. The van der Waals surface area contributed by atoms with Crippen LogP contribution in [0, 0.1) is 0 Å². The number of ether oxygens (including phenoxy) is 2. The van der Waals surface area contributed by atoms with Gasteiger partial charge in [0.2, 0.25) is 0 Å². The van der Waals surface area contributed by atoms with E-state index in [0.29, 0.717) is 19.1 Å². The van der Waals surface area contributed by atoms with E-state index < -0.39 is 0 Å². The highest BCUT2D eigenvalue weighted by Crippen LogP contribution is 2.32. The molecule has 0 unspecified atom stereocenters. The molecule has 0 bridgehead atoms. The summed E-state index contributed by atoms with van der Waals surface area (Å²) in [5, 5.41) is 0. The molecule has 6 nitrogen and oxygen atoms in total. The number of rotatable bonds is 3. The molecule has 0 saturated heterocycles. The summed E-state index contributed by atoms with van der Waals surface area (Å²) < 4.78 is 11.3. The molecule has 0 spiro atoms. The quantitative estimate of drug-likeness (QED) is 0.885. The largest absolute Gasteiger partial charge is 0.486 e. The van der Waals surface area contributed by atoms with Gasteiger partial charge in [-0.05, 0) is 37.0 Å². The molecule has 1 aromatic heterocycles. The van der Waals surface area contributed by atoms with Gasteiger partial charge in [0.25, 0.3) is 5.56 Å². The van der Waals surface area contributed by atoms with Crippen molar-refractivity contribution in [2.24, 2.45) is 0 Å². The zero-order valence-electron chi connectivity index (χ0n) is 16.2. The van der Waals surface area contributed by atoms with E-state index in [9.17, 15) is 4.79 Å². The smallest absolute Gasteiger partial charge is 0.254 e. The van der Waals surface area contributed by atoms with Crippen LogP contribution in [-0.2, 0) is 19.5 Å². The number of H-pyrrole nitrogens is 1. The van der Waals surface area contributed by atoms with E-state index in [0.717, 1.165) is 67.5 Å². The van der Waals surface area contributed by atoms with E-state index in [-0.39, 0.29) is 5.56 Å². The minimum absolute atomic E-state index is 0.0737. The highest BCUT2D eigenvalue weighted by atomic mass is 16.6. The Balaban J connectivity index is 1.34. The Morgan fingerprint density at radius 1 is 1.11 bits per heavy atom. The van der Waals surface area contributed by atoms with E-state index in [4.69, 9.17) is 14.5 Å². The van der Waals surface area contributed by atoms with Gasteiger partial charge in [-0.15, -0.1) is 0 Å². The molecule has 1 fully saturated rings. The zero-order chi connectivity index (χ0) is 18.9. The number of aromatic nitrogens is 2. The number of nitrogens with zero attached hydrogens (tertiary/aromatic N) is 2. The number of aromatic amines is 1. The fourth-order valence-electron chi connectivity index (χ4n) is 4.66. The van der Waals surface area contributed by atoms with E-state index >= 15 is 0 Å². The third-order valence-electron chi connectivity index (χ3n) is 6.18. The molecular weight excluding hydrogens is 354 g/mol. The average Bonchev–Trinajstić information content (AvgIpc) is 2.74. The maximum Gasteiger partial charge on any atom is 0.254 e. The van der Waals surface area contributed by atoms with Crippen LogP contribution in [0.1, 0.15) is 60.7 Å². The molecule has 1 N–H and O–H groups in total. The summed E-state index contributed by atoms with van der Waals surface area (Å²) >= 11 is 0. The van der Waals surface area contributed by atoms with Crippen LogP contribution in [0.3, 0.4) is 0 Å². The summed E-state index contributed by atoms with van der Waals surface area (Å²) in [7, 11) is 0. The lowest BCUT2D eigenvalue weighted by Gasteiger charge is -2.29. The van der Waals surface area contributed by atoms with Crippen LogP contribution in [0.4, 0.5) is 0 Å². The van der Waals surface area contributed by atoms with E-state index in [2.05, 4.69) is 22.0 Å². The lowest BCUT2D eigenvalue weighted by molar-refractivity contribution is 0.171. The lowest BCUT2D eigenvalue weighted by atomic mass is 9.88. The van der Waals surface area contributed by atoms with Gasteiger partial charge in [-0.1, -0.05) is 25.3 Å². The SMILES string of the molecule is O=c1[nH]c(C2CCCCC2)nc2c1CCN(Cc1ccc3c(c1)OCCO3)C2. The van der Waals surface area contributed by atoms with Crippen molar-refractivity contribution in [2.45, 2.75) is 57.5 Å². The fraction of sp³-hybridized carbons (Fsp3) is 0.545. The molecular formula is C22H27N3O3. The molecule has 3 heterocycles. The number of hydrogen-bond acceptors (Lipinski definition) is 5. The molecule has 5 rings (SSSR count). The van der Waals surface area contributed by atoms with Gasteiger partial charge in [0, 0.05) is 31.1 Å². The summed E-state index contributed by atoms with van der Waals surface area (Å²) in [4.78, 5) is 23.0. The van der Waals surface area contributed by atoms with Crippen molar-refractivity contribution in [3.05, 3.63) is 51.2 Å². The van der Waals surface area contributed by atoms with E-state index in [1.54, 1.807) is 0 Å². The first-order valence-electron chi connectivity index (χ1n) is 10.5. The molecule has 0 amide bonds. The van der Waals surface area contributed by atoms with Crippen molar-refractivity contribution < 1.29 is 9.47 Å². The molecule has 1 saturated carbocycles. The summed E-state index contributed by atoms with van der Waals surface area (Å²) in [5.74, 6) is 2.98. The first-order valence-corrected chi connectivity index (χ1v) is 10.5. The predicted molar refractivity (Wildman–Crippen MR) is 106 cm³/mol. The first kappa shape index (κ1) is 17.7. The number of benzene rings is 1. The van der Waals surface area contributed by atoms with Crippen molar-refractivity contribution in [1.29, 1.82) is 0 Å². The normalized spacial score (nSPS) is 20.0. The van der Waals surface area contributed by atoms with Crippen LogP contribution in [0.25, 0.3) is 0 Å². The van der Waals surface area contributed by atoms with Crippen LogP contribution in [0.5, 0.6) is 11.5 Å². The second-order valence-corrected chi connectivity index (χ2v) is 8.15. The molecule has 6 heteroatoms. The number of nitrogens with one attached hydrogen (secondary N) is 1. The Morgan fingerprint density at radius 2 is 1.93 bits per heavy atom. The summed E-state index contributed by atoms with van der Waals surface area (Å²) in [5.41, 5.74) is 3.11. The van der Waals surface area contributed by atoms with Gasteiger partial charge in [0.1, 0.15) is 19.0 Å².